The predicted molar refractivity (Wildman–Crippen MR) is 124 cm³/mol. The topological polar surface area (TPSA) is 115 Å². The molecule has 0 atom stereocenters. The van der Waals surface area contributed by atoms with Gasteiger partial charge in [0.15, 0.2) is 0 Å². The summed E-state index contributed by atoms with van der Waals surface area (Å²) in [6.07, 6.45) is 3.90. The molecule has 0 aliphatic heterocycles. The maximum Gasteiger partial charge on any atom is 0.298 e. The molecule has 1 amide bonds. The average Bonchev–Trinajstić information content (AvgIpc) is 3.27. The van der Waals surface area contributed by atoms with Gasteiger partial charge in [-0.3, -0.25) is 25.0 Å². The normalized spacial score (nSPS) is 10.8. The molecule has 0 aliphatic rings. The highest BCUT2D eigenvalue weighted by Gasteiger charge is 2.24. The summed E-state index contributed by atoms with van der Waals surface area (Å²) in [4.78, 5) is 35.9. The largest absolute Gasteiger partial charge is 0.298 e. The molecule has 0 unspecified atom stereocenters. The summed E-state index contributed by atoms with van der Waals surface area (Å²) < 4.78 is 0. The lowest BCUT2D eigenvalue weighted by molar-refractivity contribution is -0.384. The summed E-state index contributed by atoms with van der Waals surface area (Å²) in [6, 6.07) is 13.1. The van der Waals surface area contributed by atoms with E-state index in [1.807, 2.05) is 12.1 Å². The van der Waals surface area contributed by atoms with Crippen LogP contribution in [0.25, 0.3) is 10.6 Å². The van der Waals surface area contributed by atoms with E-state index in [1.54, 1.807) is 24.3 Å². The quantitative estimate of drug-likeness (QED) is 0.185. The van der Waals surface area contributed by atoms with Crippen LogP contribution in [0.3, 0.4) is 0 Å². The van der Waals surface area contributed by atoms with Crippen LogP contribution in [0.5, 0.6) is 0 Å². The molecule has 9 heteroatoms. The maximum absolute atomic E-state index is 12.9. The molecule has 0 aliphatic carbocycles. The SMILES string of the molecule is CCCC(CCC)c1ccccc1C(=O)C(=O)Nc1nnc(-c2ccc([N+](=O)[O-])cc2)s1. The van der Waals surface area contributed by atoms with Gasteiger partial charge in [-0.05, 0) is 36.5 Å². The minimum atomic E-state index is -0.768. The molecule has 166 valence electrons. The number of non-ortho nitro benzene ring substituents is 1. The number of aromatic nitrogens is 2. The highest BCUT2D eigenvalue weighted by molar-refractivity contribution is 7.18. The maximum atomic E-state index is 12.9. The highest BCUT2D eigenvalue weighted by atomic mass is 32.1. The molecule has 1 aromatic heterocycles. The Kier molecular flexibility index (Phi) is 7.77. The molecular formula is C23H24N4O4S. The van der Waals surface area contributed by atoms with Crippen molar-refractivity contribution in [3.05, 3.63) is 69.8 Å². The molecule has 3 rings (SSSR count). The Morgan fingerprint density at radius 2 is 1.69 bits per heavy atom. The first-order chi connectivity index (χ1) is 15.4. The molecule has 0 saturated carbocycles. The summed E-state index contributed by atoms with van der Waals surface area (Å²) in [5, 5.41) is 21.9. The van der Waals surface area contributed by atoms with Crippen molar-refractivity contribution in [1.29, 1.82) is 0 Å². The van der Waals surface area contributed by atoms with Crippen molar-refractivity contribution < 1.29 is 14.5 Å². The number of nitro benzene ring substituents is 1. The third-order valence-electron chi connectivity index (χ3n) is 5.10. The highest BCUT2D eigenvalue weighted by Crippen LogP contribution is 2.30. The second kappa shape index (κ2) is 10.7. The Balaban J connectivity index is 1.76. The molecule has 8 nitrogen and oxygen atoms in total. The zero-order chi connectivity index (χ0) is 23.1. The number of anilines is 1. The number of benzene rings is 2. The van der Waals surface area contributed by atoms with E-state index in [0.717, 1.165) is 42.6 Å². The number of Topliss-reactive ketones (excluding diaryl/α,β-unsaturated/α-hetero) is 1. The smallest absolute Gasteiger partial charge is 0.293 e. The minimum absolute atomic E-state index is 0.0273. The van der Waals surface area contributed by atoms with E-state index in [0.29, 0.717) is 16.1 Å². The number of carbonyl (C=O) groups excluding carboxylic acids is 2. The zero-order valence-corrected chi connectivity index (χ0v) is 18.7. The van der Waals surface area contributed by atoms with Crippen LogP contribution >= 0.6 is 11.3 Å². The molecule has 0 spiro atoms. The van der Waals surface area contributed by atoms with E-state index in [4.69, 9.17) is 0 Å². The molecule has 1 N–H and O–H groups in total. The molecular weight excluding hydrogens is 428 g/mol. The molecule has 0 saturated heterocycles. The zero-order valence-electron chi connectivity index (χ0n) is 17.9. The van der Waals surface area contributed by atoms with Gasteiger partial charge in [0.25, 0.3) is 17.4 Å². The van der Waals surface area contributed by atoms with E-state index >= 15 is 0 Å². The monoisotopic (exact) mass is 452 g/mol. The Labute approximate surface area is 189 Å². The third kappa shape index (κ3) is 5.42. The van der Waals surface area contributed by atoms with Crippen molar-refractivity contribution in [2.45, 2.75) is 45.4 Å². The second-order valence-electron chi connectivity index (χ2n) is 7.36. The number of nitrogens with zero attached hydrogens (tertiary/aromatic N) is 3. The van der Waals surface area contributed by atoms with Gasteiger partial charge in [-0.15, -0.1) is 10.2 Å². The van der Waals surface area contributed by atoms with Crippen molar-refractivity contribution in [3.63, 3.8) is 0 Å². The Morgan fingerprint density at radius 3 is 2.31 bits per heavy atom. The van der Waals surface area contributed by atoms with E-state index in [1.165, 1.54) is 12.1 Å². The van der Waals surface area contributed by atoms with Gasteiger partial charge in [0, 0.05) is 23.3 Å². The molecule has 2 aromatic carbocycles. The first kappa shape index (κ1) is 23.2. The van der Waals surface area contributed by atoms with Crippen molar-refractivity contribution in [1.82, 2.24) is 10.2 Å². The fourth-order valence-electron chi connectivity index (χ4n) is 3.60. The van der Waals surface area contributed by atoms with Crippen LogP contribution < -0.4 is 5.32 Å². The number of nitro groups is 1. The van der Waals surface area contributed by atoms with Crippen molar-refractivity contribution >= 4 is 33.8 Å². The molecule has 0 radical (unpaired) electrons. The van der Waals surface area contributed by atoms with Gasteiger partial charge >= 0.3 is 0 Å². The van der Waals surface area contributed by atoms with Crippen LogP contribution in [0.2, 0.25) is 0 Å². The lowest BCUT2D eigenvalue weighted by atomic mass is 9.86. The number of ketones is 1. The van der Waals surface area contributed by atoms with E-state index in [2.05, 4.69) is 29.4 Å². The van der Waals surface area contributed by atoms with Crippen LogP contribution in [0, 0.1) is 10.1 Å². The van der Waals surface area contributed by atoms with Gasteiger partial charge in [0.2, 0.25) is 5.13 Å². The van der Waals surface area contributed by atoms with Crippen LogP contribution in [0.4, 0.5) is 10.8 Å². The molecule has 3 aromatic rings. The summed E-state index contributed by atoms with van der Waals surface area (Å²) in [7, 11) is 0. The van der Waals surface area contributed by atoms with Crippen molar-refractivity contribution in [2.24, 2.45) is 0 Å². The van der Waals surface area contributed by atoms with Crippen LogP contribution in [-0.4, -0.2) is 26.8 Å². The lowest BCUT2D eigenvalue weighted by Crippen LogP contribution is -2.24. The summed E-state index contributed by atoms with van der Waals surface area (Å²) in [5.41, 5.74) is 1.92. The first-order valence-electron chi connectivity index (χ1n) is 10.5. The molecule has 32 heavy (non-hydrogen) atoms. The van der Waals surface area contributed by atoms with E-state index in [9.17, 15) is 19.7 Å². The van der Waals surface area contributed by atoms with Crippen molar-refractivity contribution in [3.8, 4) is 10.6 Å². The second-order valence-corrected chi connectivity index (χ2v) is 8.34. The van der Waals surface area contributed by atoms with E-state index in [-0.39, 0.29) is 16.7 Å². The predicted octanol–water partition coefficient (Wildman–Crippen LogP) is 5.62. The average molecular weight is 453 g/mol. The Hall–Kier alpha value is -3.46. The fourth-order valence-corrected chi connectivity index (χ4v) is 4.35. The van der Waals surface area contributed by atoms with Crippen LogP contribution in [-0.2, 0) is 4.79 Å². The number of hydrogen-bond acceptors (Lipinski definition) is 7. The lowest BCUT2D eigenvalue weighted by Gasteiger charge is -2.18. The standard InChI is InChI=1S/C23H24N4O4S/c1-3-7-15(8-4-2)18-9-5-6-10-19(18)20(28)21(29)24-23-26-25-22(32-23)16-11-13-17(14-12-16)27(30)31/h5-6,9-15H,3-4,7-8H2,1-2H3,(H,24,26,29). The van der Waals surface area contributed by atoms with Crippen LogP contribution in [0.15, 0.2) is 48.5 Å². The van der Waals surface area contributed by atoms with Gasteiger partial charge in [0.1, 0.15) is 5.01 Å². The fraction of sp³-hybridized carbons (Fsp3) is 0.304. The van der Waals surface area contributed by atoms with Crippen molar-refractivity contribution in [2.75, 3.05) is 5.32 Å². The Bertz CT molecular complexity index is 1110. The number of rotatable bonds is 10. The number of nitrogens with one attached hydrogen (secondary N) is 1. The first-order valence-corrected chi connectivity index (χ1v) is 11.3. The van der Waals surface area contributed by atoms with Gasteiger partial charge in [-0.25, -0.2) is 0 Å². The number of amides is 1. The van der Waals surface area contributed by atoms with Gasteiger partial charge in [-0.2, -0.15) is 0 Å². The number of carbonyl (C=O) groups is 2. The Morgan fingerprint density at radius 1 is 1.03 bits per heavy atom. The van der Waals surface area contributed by atoms with Crippen LogP contribution in [0.1, 0.15) is 61.4 Å². The van der Waals surface area contributed by atoms with Gasteiger partial charge in [0.05, 0.1) is 4.92 Å². The van der Waals surface area contributed by atoms with Gasteiger partial charge < -0.3 is 0 Å². The summed E-state index contributed by atoms with van der Waals surface area (Å²) in [5.74, 6) is -1.14. The van der Waals surface area contributed by atoms with Gasteiger partial charge in [-0.1, -0.05) is 62.3 Å². The van der Waals surface area contributed by atoms with E-state index < -0.39 is 16.6 Å². The number of hydrogen-bond donors (Lipinski definition) is 1. The summed E-state index contributed by atoms with van der Waals surface area (Å²) in [6.45, 7) is 4.22. The minimum Gasteiger partial charge on any atom is -0.293 e. The third-order valence-corrected chi connectivity index (χ3v) is 5.98. The molecule has 0 bridgehead atoms. The molecule has 1 heterocycles. The summed E-state index contributed by atoms with van der Waals surface area (Å²) >= 11 is 1.09. The molecule has 0 fully saturated rings.